The summed E-state index contributed by atoms with van der Waals surface area (Å²) in [4.78, 5) is 6.59. The minimum absolute atomic E-state index is 0.00288. The van der Waals surface area contributed by atoms with E-state index in [1.165, 1.54) is 5.56 Å². The number of fused-ring (bicyclic) bond motifs is 1. The van der Waals surface area contributed by atoms with Crippen LogP contribution in [0.2, 0.25) is 0 Å². The molecule has 0 saturated carbocycles. The third-order valence-electron chi connectivity index (χ3n) is 7.73. The summed E-state index contributed by atoms with van der Waals surface area (Å²) in [6.45, 7) is 2.88. The van der Waals surface area contributed by atoms with Crippen molar-refractivity contribution in [3.8, 4) is 16.9 Å². The van der Waals surface area contributed by atoms with E-state index in [0.29, 0.717) is 5.69 Å². The Morgan fingerprint density at radius 1 is 0.868 bits per heavy atom. The van der Waals surface area contributed by atoms with Gasteiger partial charge in [0.2, 0.25) is 0 Å². The van der Waals surface area contributed by atoms with E-state index < -0.39 is 9.84 Å². The molecule has 2 aliphatic rings. The van der Waals surface area contributed by atoms with E-state index in [1.54, 1.807) is 24.6 Å². The summed E-state index contributed by atoms with van der Waals surface area (Å²) < 4.78 is 37.4. The highest BCUT2D eigenvalue weighted by atomic mass is 32.2. The van der Waals surface area contributed by atoms with Crippen LogP contribution in [-0.4, -0.2) is 37.0 Å². The van der Waals surface area contributed by atoms with Crippen LogP contribution in [0.25, 0.3) is 11.1 Å². The van der Waals surface area contributed by atoms with Crippen LogP contribution in [0.5, 0.6) is 5.75 Å². The zero-order valence-corrected chi connectivity index (χ0v) is 22.2. The topological polar surface area (TPSA) is 72.6 Å². The smallest absolute Gasteiger partial charge is 0.160 e. The molecule has 2 aromatic heterocycles. The Labute approximate surface area is 224 Å². The molecule has 0 atom stereocenters. The number of piperidine rings is 1. The van der Waals surface area contributed by atoms with Crippen molar-refractivity contribution in [2.75, 3.05) is 13.1 Å². The van der Waals surface area contributed by atoms with Gasteiger partial charge in [-0.3, -0.25) is 9.88 Å². The number of aromatic nitrogens is 1. The number of sulfone groups is 1. The molecule has 0 N–H and O–H groups in total. The van der Waals surface area contributed by atoms with Gasteiger partial charge in [0.05, 0.1) is 30.0 Å². The predicted octanol–water partition coefficient (Wildman–Crippen LogP) is 5.82. The first kappa shape index (κ1) is 24.9. The van der Waals surface area contributed by atoms with E-state index >= 15 is 0 Å². The lowest BCUT2D eigenvalue weighted by Gasteiger charge is -2.44. The normalized spacial score (nSPS) is 17.2. The van der Waals surface area contributed by atoms with Crippen molar-refractivity contribution in [2.45, 2.75) is 49.3 Å². The molecule has 1 saturated heterocycles. The van der Waals surface area contributed by atoms with Crippen molar-refractivity contribution in [1.82, 2.24) is 9.88 Å². The highest BCUT2D eigenvalue weighted by Crippen LogP contribution is 2.41. The Bertz CT molecular complexity index is 1470. The SMILES string of the molecule is O=S(=O)(Cc1ccc(-c2ccc3c(c2)CCC2(CCN(Cc4ccco4)CC2)O3)cc1)Cc1ccccn1. The van der Waals surface area contributed by atoms with Crippen LogP contribution in [0.1, 0.15) is 41.8 Å². The van der Waals surface area contributed by atoms with Crippen LogP contribution in [-0.2, 0) is 34.3 Å². The molecule has 2 aliphatic heterocycles. The maximum absolute atomic E-state index is 12.6. The third-order valence-corrected chi connectivity index (χ3v) is 9.24. The van der Waals surface area contributed by atoms with Crippen molar-refractivity contribution < 1.29 is 17.6 Å². The Morgan fingerprint density at radius 2 is 1.68 bits per heavy atom. The van der Waals surface area contributed by atoms with E-state index in [1.807, 2.05) is 42.5 Å². The minimum atomic E-state index is -3.29. The van der Waals surface area contributed by atoms with Gasteiger partial charge in [0.15, 0.2) is 9.84 Å². The zero-order chi connectivity index (χ0) is 26.0. The van der Waals surface area contributed by atoms with Crippen molar-refractivity contribution in [2.24, 2.45) is 0 Å². The van der Waals surface area contributed by atoms with Crippen LogP contribution in [0.3, 0.4) is 0 Å². The molecule has 196 valence electrons. The second-order valence-electron chi connectivity index (χ2n) is 10.5. The molecular weight excluding hydrogens is 496 g/mol. The molecule has 0 bridgehead atoms. The summed E-state index contributed by atoms with van der Waals surface area (Å²) in [5.41, 5.74) is 4.72. The minimum Gasteiger partial charge on any atom is -0.487 e. The number of ether oxygens (including phenoxy) is 1. The van der Waals surface area contributed by atoms with Gasteiger partial charge in [-0.1, -0.05) is 36.4 Å². The van der Waals surface area contributed by atoms with E-state index in [2.05, 4.69) is 28.1 Å². The fourth-order valence-corrected chi connectivity index (χ4v) is 7.03. The predicted molar refractivity (Wildman–Crippen MR) is 147 cm³/mol. The summed E-state index contributed by atoms with van der Waals surface area (Å²) in [7, 11) is -3.29. The number of pyridine rings is 1. The number of hydrogen-bond acceptors (Lipinski definition) is 6. The summed E-state index contributed by atoms with van der Waals surface area (Å²) in [5, 5.41) is 0. The fourth-order valence-electron chi connectivity index (χ4n) is 5.60. The quantitative estimate of drug-likeness (QED) is 0.301. The monoisotopic (exact) mass is 528 g/mol. The lowest BCUT2D eigenvalue weighted by atomic mass is 9.82. The Hall–Kier alpha value is -3.42. The van der Waals surface area contributed by atoms with E-state index in [4.69, 9.17) is 9.15 Å². The summed E-state index contributed by atoms with van der Waals surface area (Å²) in [6, 6.07) is 23.6. The van der Waals surface area contributed by atoms with Crippen molar-refractivity contribution >= 4 is 9.84 Å². The first-order valence-electron chi connectivity index (χ1n) is 13.2. The number of aryl methyl sites for hydroxylation is 1. The summed E-state index contributed by atoms with van der Waals surface area (Å²) in [6.07, 6.45) is 7.45. The van der Waals surface area contributed by atoms with Crippen LogP contribution >= 0.6 is 0 Å². The van der Waals surface area contributed by atoms with Gasteiger partial charge in [-0.15, -0.1) is 0 Å². The average Bonchev–Trinajstić information content (AvgIpc) is 3.44. The molecule has 7 heteroatoms. The largest absolute Gasteiger partial charge is 0.487 e. The molecule has 4 aromatic rings. The van der Waals surface area contributed by atoms with Crippen LogP contribution < -0.4 is 4.74 Å². The second-order valence-corrected chi connectivity index (χ2v) is 12.6. The molecule has 0 amide bonds. The van der Waals surface area contributed by atoms with Gasteiger partial charge in [0, 0.05) is 19.3 Å². The number of furan rings is 1. The number of hydrogen-bond donors (Lipinski definition) is 0. The molecule has 2 aromatic carbocycles. The molecule has 6 rings (SSSR count). The molecule has 0 aliphatic carbocycles. The molecule has 0 unspecified atom stereocenters. The van der Waals surface area contributed by atoms with Crippen LogP contribution in [0.15, 0.2) is 89.7 Å². The highest BCUT2D eigenvalue weighted by molar-refractivity contribution is 7.89. The van der Waals surface area contributed by atoms with E-state index in [0.717, 1.165) is 73.5 Å². The van der Waals surface area contributed by atoms with E-state index in [9.17, 15) is 8.42 Å². The van der Waals surface area contributed by atoms with E-state index in [-0.39, 0.29) is 17.1 Å². The van der Waals surface area contributed by atoms with Gasteiger partial charge in [0.25, 0.3) is 0 Å². The molecule has 4 heterocycles. The van der Waals surface area contributed by atoms with Gasteiger partial charge in [-0.05, 0) is 84.3 Å². The second kappa shape index (κ2) is 10.4. The molecule has 6 nitrogen and oxygen atoms in total. The van der Waals surface area contributed by atoms with Crippen molar-refractivity contribution in [3.05, 3.63) is 108 Å². The van der Waals surface area contributed by atoms with Crippen LogP contribution in [0, 0.1) is 0 Å². The van der Waals surface area contributed by atoms with Crippen molar-refractivity contribution in [1.29, 1.82) is 0 Å². The Morgan fingerprint density at radius 3 is 2.42 bits per heavy atom. The molecule has 0 radical (unpaired) electrons. The summed E-state index contributed by atoms with van der Waals surface area (Å²) in [5.74, 6) is 1.96. The Balaban J connectivity index is 1.08. The Kier molecular flexibility index (Phi) is 6.80. The fraction of sp³-hybridized carbons (Fsp3) is 0.323. The van der Waals surface area contributed by atoms with Crippen molar-refractivity contribution in [3.63, 3.8) is 0 Å². The van der Waals surface area contributed by atoms with Gasteiger partial charge in [0.1, 0.15) is 17.1 Å². The average molecular weight is 529 g/mol. The molecule has 38 heavy (non-hydrogen) atoms. The maximum Gasteiger partial charge on any atom is 0.160 e. The molecule has 1 fully saturated rings. The first-order valence-corrected chi connectivity index (χ1v) is 15.0. The third kappa shape index (κ3) is 5.69. The standard InChI is InChI=1S/C31H32N2O4S/c34-38(35,23-28-4-1-2-16-32-28)22-24-6-8-25(9-7-24)26-10-11-30-27(20-26)12-13-31(37-30)14-17-33(18-15-31)21-29-5-3-19-36-29/h1-11,16,19-20H,12-15,17-18,21-23H2. The van der Waals surface area contributed by atoms with Crippen LogP contribution in [0.4, 0.5) is 0 Å². The lowest BCUT2D eigenvalue weighted by Crippen LogP contribution is -2.49. The maximum atomic E-state index is 12.6. The summed E-state index contributed by atoms with van der Waals surface area (Å²) >= 11 is 0. The molecular formula is C31H32N2O4S. The van der Waals surface area contributed by atoms with Gasteiger partial charge < -0.3 is 9.15 Å². The lowest BCUT2D eigenvalue weighted by molar-refractivity contribution is -0.0175. The number of rotatable bonds is 7. The highest BCUT2D eigenvalue weighted by Gasteiger charge is 2.39. The zero-order valence-electron chi connectivity index (χ0n) is 21.4. The first-order chi connectivity index (χ1) is 18.5. The number of likely N-dealkylation sites (tertiary alicyclic amines) is 1. The van der Waals surface area contributed by atoms with Gasteiger partial charge >= 0.3 is 0 Å². The number of benzene rings is 2. The van der Waals surface area contributed by atoms with Gasteiger partial charge in [-0.2, -0.15) is 0 Å². The van der Waals surface area contributed by atoms with Gasteiger partial charge in [-0.25, -0.2) is 8.42 Å². The molecule has 1 spiro atoms. The number of nitrogens with zero attached hydrogens (tertiary/aromatic N) is 2.